The minimum Gasteiger partial charge on any atom is -0.497 e. The summed E-state index contributed by atoms with van der Waals surface area (Å²) in [5.74, 6) is -0.00440. The van der Waals surface area contributed by atoms with E-state index in [4.69, 9.17) is 9.88 Å². The van der Waals surface area contributed by atoms with Crippen LogP contribution in [0.2, 0.25) is 0 Å². The van der Waals surface area contributed by atoms with Crippen LogP contribution in [-0.4, -0.2) is 45.9 Å². The maximum Gasteiger partial charge on any atom is 0.274 e. The highest BCUT2D eigenvalue weighted by atomic mass is 32.2. The van der Waals surface area contributed by atoms with Crippen molar-refractivity contribution in [2.24, 2.45) is 5.14 Å². The fourth-order valence-electron chi connectivity index (χ4n) is 3.50. The molecule has 1 aromatic heterocycles. The zero-order chi connectivity index (χ0) is 26.1. The average molecular weight is 527 g/mol. The van der Waals surface area contributed by atoms with E-state index < -0.39 is 25.8 Å². The Hall–Kier alpha value is -4.00. The average Bonchev–Trinajstić information content (AvgIpc) is 3.31. The first-order valence-corrected chi connectivity index (χ1v) is 13.9. The second-order valence-electron chi connectivity index (χ2n) is 7.82. The third-order valence-corrected chi connectivity index (χ3v) is 7.19. The molecule has 0 atom stereocenters. The summed E-state index contributed by atoms with van der Waals surface area (Å²) < 4.78 is 54.4. The van der Waals surface area contributed by atoms with E-state index in [0.717, 1.165) is 6.26 Å². The molecule has 0 unspecified atom stereocenters. The smallest absolute Gasteiger partial charge is 0.274 e. The normalized spacial score (nSPS) is 11.8. The number of anilines is 1. The van der Waals surface area contributed by atoms with Crippen LogP contribution in [0.25, 0.3) is 16.8 Å². The first-order chi connectivity index (χ1) is 17.0. The predicted octanol–water partition coefficient (Wildman–Crippen LogP) is 2.85. The van der Waals surface area contributed by atoms with Crippen molar-refractivity contribution in [2.75, 3.05) is 18.7 Å². The van der Waals surface area contributed by atoms with Gasteiger partial charge in [0, 0.05) is 23.6 Å². The molecule has 10 nitrogen and oxygen atoms in total. The number of carbonyl (C=O) groups excluding carboxylic acids is 1. The number of ether oxygens (including phenoxy) is 1. The number of sulfonamides is 1. The first kappa shape index (κ1) is 25.1. The van der Waals surface area contributed by atoms with Gasteiger partial charge in [-0.25, -0.2) is 26.7 Å². The highest BCUT2D eigenvalue weighted by molar-refractivity contribution is 7.90. The standard InChI is InChI=1S/C24H22N4O6S2/c1-34-19-13-11-18(12-14-19)28-21(15-23(27-28)35(2,30)31)24(29)26-17-9-7-16(8-10-17)20-5-3-4-6-22(20)36(25,32)33/h3-15H,1-2H3,(H,26,29)(H2,25,32,33). The van der Waals surface area contributed by atoms with Gasteiger partial charge in [0.05, 0.1) is 17.7 Å². The summed E-state index contributed by atoms with van der Waals surface area (Å²) in [6.45, 7) is 0. The fourth-order valence-corrected chi connectivity index (χ4v) is 4.82. The van der Waals surface area contributed by atoms with Crippen LogP contribution in [0, 0.1) is 0 Å². The van der Waals surface area contributed by atoms with Gasteiger partial charge >= 0.3 is 0 Å². The second kappa shape index (κ2) is 9.57. The molecular formula is C24H22N4O6S2. The SMILES string of the molecule is COc1ccc(-n2nc(S(C)(=O)=O)cc2C(=O)Nc2ccc(-c3ccccc3S(N)(=O)=O)cc2)cc1. The van der Waals surface area contributed by atoms with Crippen molar-refractivity contribution in [3.05, 3.63) is 84.6 Å². The molecule has 0 spiro atoms. The Kier molecular flexibility index (Phi) is 6.67. The van der Waals surface area contributed by atoms with Crippen LogP contribution in [0.3, 0.4) is 0 Å². The Morgan fingerprint density at radius 2 is 1.58 bits per heavy atom. The number of sulfone groups is 1. The molecule has 0 saturated carbocycles. The van der Waals surface area contributed by atoms with Crippen LogP contribution in [0.15, 0.2) is 88.8 Å². The predicted molar refractivity (Wildman–Crippen MR) is 134 cm³/mol. The van der Waals surface area contributed by atoms with E-state index in [1.807, 2.05) is 0 Å². The lowest BCUT2D eigenvalue weighted by molar-refractivity contribution is 0.101. The molecule has 0 aliphatic rings. The molecule has 4 aromatic rings. The van der Waals surface area contributed by atoms with Crippen molar-refractivity contribution in [2.45, 2.75) is 9.92 Å². The lowest BCUT2D eigenvalue weighted by Gasteiger charge is -2.11. The highest BCUT2D eigenvalue weighted by Crippen LogP contribution is 2.28. The summed E-state index contributed by atoms with van der Waals surface area (Å²) in [6.07, 6.45) is 1.01. The summed E-state index contributed by atoms with van der Waals surface area (Å²) in [7, 11) is -6.09. The Labute approximate surface area is 208 Å². The summed E-state index contributed by atoms with van der Waals surface area (Å²) in [4.78, 5) is 13.1. The number of nitrogens with two attached hydrogens (primary N) is 1. The molecule has 186 valence electrons. The largest absolute Gasteiger partial charge is 0.497 e. The molecule has 0 aliphatic carbocycles. The van der Waals surface area contributed by atoms with E-state index in [9.17, 15) is 21.6 Å². The Bertz CT molecular complexity index is 1640. The van der Waals surface area contributed by atoms with E-state index in [1.165, 1.54) is 23.9 Å². The van der Waals surface area contributed by atoms with Crippen LogP contribution in [-0.2, 0) is 19.9 Å². The maximum absolute atomic E-state index is 13.1. The number of hydrogen-bond donors (Lipinski definition) is 2. The summed E-state index contributed by atoms with van der Waals surface area (Å²) in [5, 5.41) is 11.9. The number of primary sulfonamides is 1. The molecular weight excluding hydrogens is 504 g/mol. The van der Waals surface area contributed by atoms with Crippen LogP contribution in [0.1, 0.15) is 10.5 Å². The number of nitrogens with zero attached hydrogens (tertiary/aromatic N) is 2. The Morgan fingerprint density at radius 3 is 2.17 bits per heavy atom. The topological polar surface area (TPSA) is 150 Å². The number of hydrogen-bond acceptors (Lipinski definition) is 7. The van der Waals surface area contributed by atoms with Crippen molar-refractivity contribution in [3.8, 4) is 22.6 Å². The lowest BCUT2D eigenvalue weighted by atomic mass is 10.1. The monoisotopic (exact) mass is 526 g/mol. The van der Waals surface area contributed by atoms with Crippen LogP contribution in [0.4, 0.5) is 5.69 Å². The summed E-state index contributed by atoms with van der Waals surface area (Å²) in [5.41, 5.74) is 1.88. The van der Waals surface area contributed by atoms with Crippen molar-refractivity contribution in [3.63, 3.8) is 0 Å². The van der Waals surface area contributed by atoms with E-state index in [0.29, 0.717) is 28.3 Å². The molecule has 0 radical (unpaired) electrons. The van der Waals surface area contributed by atoms with Crippen molar-refractivity contribution in [1.29, 1.82) is 0 Å². The van der Waals surface area contributed by atoms with Gasteiger partial charge in [-0.1, -0.05) is 30.3 Å². The molecule has 1 amide bonds. The van der Waals surface area contributed by atoms with E-state index in [1.54, 1.807) is 66.7 Å². The van der Waals surface area contributed by atoms with Crippen molar-refractivity contribution in [1.82, 2.24) is 9.78 Å². The molecule has 0 fully saturated rings. The molecule has 4 rings (SSSR count). The minimum atomic E-state index is -3.93. The molecule has 3 N–H and O–H groups in total. The quantitative estimate of drug-likeness (QED) is 0.376. The second-order valence-corrected chi connectivity index (χ2v) is 11.3. The fraction of sp³-hybridized carbons (Fsp3) is 0.0833. The molecule has 0 saturated heterocycles. The molecule has 3 aromatic carbocycles. The molecule has 0 bridgehead atoms. The van der Waals surface area contributed by atoms with E-state index >= 15 is 0 Å². The van der Waals surface area contributed by atoms with Crippen molar-refractivity contribution < 1.29 is 26.4 Å². The third-order valence-electron chi connectivity index (χ3n) is 5.26. The Morgan fingerprint density at radius 1 is 0.944 bits per heavy atom. The number of rotatable bonds is 7. The number of amides is 1. The number of nitrogens with one attached hydrogen (secondary N) is 1. The number of benzene rings is 3. The Balaban J connectivity index is 1.66. The number of carbonyl (C=O) groups is 1. The van der Waals surface area contributed by atoms with Gasteiger partial charge in [0.1, 0.15) is 11.4 Å². The van der Waals surface area contributed by atoms with Gasteiger partial charge in [-0.2, -0.15) is 5.10 Å². The van der Waals surface area contributed by atoms with E-state index in [-0.39, 0.29) is 15.6 Å². The van der Waals surface area contributed by atoms with Gasteiger partial charge in [0.15, 0.2) is 14.9 Å². The minimum absolute atomic E-state index is 0.00393. The van der Waals surface area contributed by atoms with Crippen LogP contribution >= 0.6 is 0 Å². The third kappa shape index (κ3) is 5.30. The van der Waals surface area contributed by atoms with Crippen molar-refractivity contribution >= 4 is 31.5 Å². The molecule has 0 aliphatic heterocycles. The number of methoxy groups -OCH3 is 1. The van der Waals surface area contributed by atoms with Gasteiger partial charge in [-0.3, -0.25) is 4.79 Å². The highest BCUT2D eigenvalue weighted by Gasteiger charge is 2.22. The summed E-state index contributed by atoms with van der Waals surface area (Å²) in [6, 6.07) is 20.6. The number of aromatic nitrogens is 2. The first-order valence-electron chi connectivity index (χ1n) is 10.5. The zero-order valence-corrected chi connectivity index (χ0v) is 20.9. The van der Waals surface area contributed by atoms with Gasteiger partial charge in [-0.05, 0) is 48.0 Å². The maximum atomic E-state index is 13.1. The molecule has 36 heavy (non-hydrogen) atoms. The van der Waals surface area contributed by atoms with Crippen LogP contribution < -0.4 is 15.2 Å². The summed E-state index contributed by atoms with van der Waals surface area (Å²) >= 11 is 0. The lowest BCUT2D eigenvalue weighted by Crippen LogP contribution is -2.17. The molecule has 12 heteroatoms. The van der Waals surface area contributed by atoms with Gasteiger partial charge in [0.2, 0.25) is 10.0 Å². The van der Waals surface area contributed by atoms with Gasteiger partial charge in [-0.15, -0.1) is 0 Å². The van der Waals surface area contributed by atoms with Gasteiger partial charge in [0.25, 0.3) is 5.91 Å². The van der Waals surface area contributed by atoms with E-state index in [2.05, 4.69) is 10.4 Å². The molecule has 1 heterocycles. The van der Waals surface area contributed by atoms with Gasteiger partial charge < -0.3 is 10.1 Å². The van der Waals surface area contributed by atoms with Crippen LogP contribution in [0.5, 0.6) is 5.75 Å². The zero-order valence-electron chi connectivity index (χ0n) is 19.2.